The van der Waals surface area contributed by atoms with Crippen LogP contribution in [0.5, 0.6) is 5.75 Å². The molecule has 0 saturated carbocycles. The average molecular weight is 310 g/mol. The minimum atomic E-state index is 0.322. The topological polar surface area (TPSA) is 52.0 Å². The Bertz CT molecular complexity index is 806. The van der Waals surface area contributed by atoms with Crippen LogP contribution < -0.4 is 10.1 Å². The van der Waals surface area contributed by atoms with Gasteiger partial charge in [-0.3, -0.25) is 4.68 Å². The number of pyridine rings is 1. The number of nitrogens with zero attached hydrogens (tertiary/aromatic N) is 3. The molecule has 0 saturated heterocycles. The van der Waals surface area contributed by atoms with Crippen molar-refractivity contribution < 1.29 is 4.74 Å². The second kappa shape index (κ2) is 6.28. The van der Waals surface area contributed by atoms with Gasteiger partial charge in [0.05, 0.1) is 23.7 Å². The van der Waals surface area contributed by atoms with Crippen molar-refractivity contribution >= 4 is 16.7 Å². The lowest BCUT2D eigenvalue weighted by Crippen LogP contribution is -2.03. The highest BCUT2D eigenvalue weighted by Gasteiger charge is 2.13. The van der Waals surface area contributed by atoms with E-state index in [-0.39, 0.29) is 0 Å². The third-order valence-electron chi connectivity index (χ3n) is 3.90. The molecule has 0 bridgehead atoms. The zero-order valence-electron chi connectivity index (χ0n) is 14.0. The molecule has 0 unspecified atom stereocenters. The van der Waals surface area contributed by atoms with Crippen LogP contribution in [0.4, 0.5) is 5.82 Å². The van der Waals surface area contributed by atoms with Crippen molar-refractivity contribution in [3.05, 3.63) is 47.8 Å². The number of benzene rings is 1. The number of rotatable bonds is 5. The molecule has 2 heterocycles. The van der Waals surface area contributed by atoms with E-state index in [1.807, 2.05) is 36.0 Å². The van der Waals surface area contributed by atoms with Crippen molar-refractivity contribution in [1.29, 1.82) is 0 Å². The summed E-state index contributed by atoms with van der Waals surface area (Å²) in [5.41, 5.74) is 3.29. The van der Waals surface area contributed by atoms with Gasteiger partial charge in [0, 0.05) is 18.8 Å². The van der Waals surface area contributed by atoms with Crippen molar-refractivity contribution in [3.8, 4) is 5.75 Å². The zero-order chi connectivity index (χ0) is 16.4. The SMILES string of the molecule is COc1ccc(CNc2nccc3c2c(C)nn3C(C)C)cc1. The van der Waals surface area contributed by atoms with Crippen LogP contribution in [0.3, 0.4) is 0 Å². The lowest BCUT2D eigenvalue weighted by molar-refractivity contribution is 0.414. The van der Waals surface area contributed by atoms with Crippen molar-refractivity contribution in [1.82, 2.24) is 14.8 Å². The summed E-state index contributed by atoms with van der Waals surface area (Å²) >= 11 is 0. The van der Waals surface area contributed by atoms with Gasteiger partial charge >= 0.3 is 0 Å². The normalized spacial score (nSPS) is 11.2. The van der Waals surface area contributed by atoms with Crippen LogP contribution in [0.25, 0.3) is 10.9 Å². The standard InChI is InChI=1S/C18H22N4O/c1-12(2)22-16-9-10-19-18(17(16)13(3)21-22)20-11-14-5-7-15(23-4)8-6-14/h5-10,12H,11H2,1-4H3,(H,19,20). The number of methoxy groups -OCH3 is 1. The molecule has 1 N–H and O–H groups in total. The molecular formula is C18H22N4O. The number of ether oxygens (including phenoxy) is 1. The first-order chi connectivity index (χ1) is 11.1. The van der Waals surface area contributed by atoms with Gasteiger partial charge in [-0.1, -0.05) is 12.1 Å². The van der Waals surface area contributed by atoms with Crippen LogP contribution >= 0.6 is 0 Å². The number of hydrogen-bond acceptors (Lipinski definition) is 4. The monoisotopic (exact) mass is 310 g/mol. The number of hydrogen-bond donors (Lipinski definition) is 1. The van der Waals surface area contributed by atoms with Crippen LogP contribution in [0.1, 0.15) is 31.1 Å². The van der Waals surface area contributed by atoms with E-state index in [9.17, 15) is 0 Å². The molecule has 5 heteroatoms. The first kappa shape index (κ1) is 15.3. The Kier molecular flexibility index (Phi) is 4.19. The summed E-state index contributed by atoms with van der Waals surface area (Å²) in [5, 5.41) is 9.17. The van der Waals surface area contributed by atoms with Gasteiger partial charge in [0.25, 0.3) is 0 Å². The van der Waals surface area contributed by atoms with Crippen LogP contribution in [-0.4, -0.2) is 21.9 Å². The van der Waals surface area contributed by atoms with Gasteiger partial charge in [0.1, 0.15) is 11.6 Å². The summed E-state index contributed by atoms with van der Waals surface area (Å²) < 4.78 is 7.23. The molecule has 0 aliphatic heterocycles. The number of aromatic nitrogens is 3. The van der Waals surface area contributed by atoms with Crippen molar-refractivity contribution in [2.75, 3.05) is 12.4 Å². The van der Waals surface area contributed by atoms with Crippen molar-refractivity contribution in [3.63, 3.8) is 0 Å². The van der Waals surface area contributed by atoms with E-state index in [1.165, 1.54) is 5.56 Å². The predicted molar refractivity (Wildman–Crippen MR) is 93.0 cm³/mol. The maximum atomic E-state index is 5.19. The molecule has 3 rings (SSSR count). The summed E-state index contributed by atoms with van der Waals surface area (Å²) in [6.45, 7) is 7.01. The summed E-state index contributed by atoms with van der Waals surface area (Å²) in [6, 6.07) is 10.4. The van der Waals surface area contributed by atoms with Gasteiger partial charge in [0.15, 0.2) is 0 Å². The predicted octanol–water partition coefficient (Wildman–Crippen LogP) is 3.94. The molecule has 0 amide bonds. The highest BCUT2D eigenvalue weighted by Crippen LogP contribution is 2.27. The molecule has 120 valence electrons. The van der Waals surface area contributed by atoms with Gasteiger partial charge in [-0.05, 0) is 44.5 Å². The molecule has 0 aliphatic rings. The second-order valence-electron chi connectivity index (χ2n) is 5.88. The smallest absolute Gasteiger partial charge is 0.137 e. The Morgan fingerprint density at radius 2 is 1.91 bits per heavy atom. The Morgan fingerprint density at radius 3 is 2.57 bits per heavy atom. The number of nitrogens with one attached hydrogen (secondary N) is 1. The summed E-state index contributed by atoms with van der Waals surface area (Å²) in [7, 11) is 1.67. The molecule has 2 aromatic heterocycles. The van der Waals surface area contributed by atoms with Gasteiger partial charge in [-0.15, -0.1) is 0 Å². The van der Waals surface area contributed by atoms with E-state index in [2.05, 4.69) is 41.4 Å². The van der Waals surface area contributed by atoms with E-state index in [0.717, 1.165) is 28.2 Å². The first-order valence-electron chi connectivity index (χ1n) is 7.80. The molecular weight excluding hydrogens is 288 g/mol. The van der Waals surface area contributed by atoms with E-state index >= 15 is 0 Å². The van der Waals surface area contributed by atoms with E-state index in [4.69, 9.17) is 4.74 Å². The Balaban J connectivity index is 1.88. The van der Waals surface area contributed by atoms with Crippen molar-refractivity contribution in [2.45, 2.75) is 33.4 Å². The molecule has 0 atom stereocenters. The van der Waals surface area contributed by atoms with Gasteiger partial charge < -0.3 is 10.1 Å². The van der Waals surface area contributed by atoms with Gasteiger partial charge in [0.2, 0.25) is 0 Å². The highest BCUT2D eigenvalue weighted by molar-refractivity contribution is 5.91. The molecule has 0 aliphatic carbocycles. The van der Waals surface area contributed by atoms with E-state index in [1.54, 1.807) is 7.11 Å². The van der Waals surface area contributed by atoms with Crippen LogP contribution in [0, 0.1) is 6.92 Å². The lowest BCUT2D eigenvalue weighted by Gasteiger charge is -2.09. The molecule has 0 fully saturated rings. The van der Waals surface area contributed by atoms with Gasteiger partial charge in [-0.2, -0.15) is 5.10 Å². The maximum absolute atomic E-state index is 5.19. The van der Waals surface area contributed by atoms with Crippen molar-refractivity contribution in [2.24, 2.45) is 0 Å². The molecule has 0 spiro atoms. The van der Waals surface area contributed by atoms with E-state index in [0.29, 0.717) is 12.6 Å². The fraction of sp³-hybridized carbons (Fsp3) is 0.333. The van der Waals surface area contributed by atoms with Crippen LogP contribution in [0.15, 0.2) is 36.5 Å². The quantitative estimate of drug-likeness (QED) is 0.775. The highest BCUT2D eigenvalue weighted by atomic mass is 16.5. The Labute approximate surface area is 136 Å². The average Bonchev–Trinajstić information content (AvgIpc) is 2.91. The first-order valence-corrected chi connectivity index (χ1v) is 7.80. The maximum Gasteiger partial charge on any atom is 0.137 e. The lowest BCUT2D eigenvalue weighted by atomic mass is 10.2. The number of fused-ring (bicyclic) bond motifs is 1. The molecule has 5 nitrogen and oxygen atoms in total. The van der Waals surface area contributed by atoms with Gasteiger partial charge in [-0.25, -0.2) is 4.98 Å². The molecule has 0 radical (unpaired) electrons. The Hall–Kier alpha value is -2.56. The fourth-order valence-electron chi connectivity index (χ4n) is 2.72. The third kappa shape index (κ3) is 2.99. The molecule has 1 aromatic carbocycles. The number of aryl methyl sites for hydroxylation is 1. The third-order valence-corrected chi connectivity index (χ3v) is 3.90. The minimum Gasteiger partial charge on any atom is -0.497 e. The summed E-state index contributed by atoms with van der Waals surface area (Å²) in [5.74, 6) is 1.74. The Morgan fingerprint density at radius 1 is 1.17 bits per heavy atom. The number of anilines is 1. The molecule has 23 heavy (non-hydrogen) atoms. The fourth-order valence-corrected chi connectivity index (χ4v) is 2.72. The minimum absolute atomic E-state index is 0.322. The summed E-state index contributed by atoms with van der Waals surface area (Å²) in [6.07, 6.45) is 1.83. The largest absolute Gasteiger partial charge is 0.497 e. The van der Waals surface area contributed by atoms with E-state index < -0.39 is 0 Å². The summed E-state index contributed by atoms with van der Waals surface area (Å²) in [4.78, 5) is 4.50. The van der Waals surface area contributed by atoms with Crippen LogP contribution in [0.2, 0.25) is 0 Å². The zero-order valence-corrected chi connectivity index (χ0v) is 14.0. The molecule has 3 aromatic rings. The second-order valence-corrected chi connectivity index (χ2v) is 5.88. The van der Waals surface area contributed by atoms with Crippen LogP contribution in [-0.2, 0) is 6.54 Å².